The lowest BCUT2D eigenvalue weighted by atomic mass is 10.5. The Morgan fingerprint density at radius 2 is 2.33 bits per heavy atom. The number of nitrogens with zero attached hydrogens (tertiary/aromatic N) is 4. The molecule has 2 heterocycles. The molecule has 0 aliphatic heterocycles. The van der Waals surface area contributed by atoms with Crippen molar-refractivity contribution in [1.82, 2.24) is 20.2 Å². The van der Waals surface area contributed by atoms with Crippen LogP contribution in [-0.4, -0.2) is 26.1 Å². The van der Waals surface area contributed by atoms with Crippen molar-refractivity contribution in [2.24, 2.45) is 0 Å². The second-order valence-corrected chi connectivity index (χ2v) is 3.38. The summed E-state index contributed by atoms with van der Waals surface area (Å²) in [7, 11) is 0. The van der Waals surface area contributed by atoms with E-state index in [4.69, 9.17) is 5.73 Å². The lowest BCUT2D eigenvalue weighted by Gasteiger charge is -1.98. The fraction of sp³-hybridized carbons (Fsp3) is 0. The molecule has 0 saturated heterocycles. The van der Waals surface area contributed by atoms with Crippen molar-refractivity contribution in [1.29, 1.82) is 0 Å². The van der Waals surface area contributed by atoms with E-state index in [0.29, 0.717) is 5.13 Å². The third-order valence-corrected chi connectivity index (χ3v) is 2.14. The van der Waals surface area contributed by atoms with Gasteiger partial charge in [0.15, 0.2) is 5.13 Å². The van der Waals surface area contributed by atoms with Gasteiger partial charge in [-0.05, 0) is 0 Å². The largest absolute Gasteiger partial charge is 0.375 e. The summed E-state index contributed by atoms with van der Waals surface area (Å²) in [6.45, 7) is 0. The molecule has 0 bridgehead atoms. The molecule has 0 spiro atoms. The van der Waals surface area contributed by atoms with Crippen LogP contribution >= 0.6 is 11.3 Å². The summed E-state index contributed by atoms with van der Waals surface area (Å²) in [6.07, 6.45) is 2.84. The van der Waals surface area contributed by atoms with Gasteiger partial charge in [-0.3, -0.25) is 10.1 Å². The number of aromatic nitrogens is 4. The first-order chi connectivity index (χ1) is 7.25. The normalized spacial score (nSPS) is 9.87. The first kappa shape index (κ1) is 9.46. The van der Waals surface area contributed by atoms with E-state index in [1.807, 2.05) is 0 Å². The van der Waals surface area contributed by atoms with Crippen molar-refractivity contribution < 1.29 is 4.79 Å². The van der Waals surface area contributed by atoms with Crippen molar-refractivity contribution >= 4 is 28.3 Å². The Labute approximate surface area is 88.4 Å². The van der Waals surface area contributed by atoms with Gasteiger partial charge in [-0.2, -0.15) is 5.10 Å². The lowest BCUT2D eigenvalue weighted by Crippen LogP contribution is -2.14. The molecule has 1 amide bonds. The van der Waals surface area contributed by atoms with Crippen molar-refractivity contribution in [2.45, 2.75) is 0 Å². The number of carbonyl (C=O) groups is 1. The molecule has 15 heavy (non-hydrogen) atoms. The van der Waals surface area contributed by atoms with Gasteiger partial charge in [0.1, 0.15) is 5.69 Å². The molecule has 0 aromatic carbocycles. The van der Waals surface area contributed by atoms with E-state index in [-0.39, 0.29) is 11.6 Å². The lowest BCUT2D eigenvalue weighted by molar-refractivity contribution is 0.102. The van der Waals surface area contributed by atoms with Gasteiger partial charge in [-0.1, -0.05) is 0 Å². The van der Waals surface area contributed by atoms with Crippen LogP contribution in [0, 0.1) is 0 Å². The average Bonchev–Trinajstić information content (AvgIpc) is 2.66. The second-order valence-electron chi connectivity index (χ2n) is 2.49. The van der Waals surface area contributed by atoms with Crippen LogP contribution in [0.25, 0.3) is 0 Å². The van der Waals surface area contributed by atoms with Crippen LogP contribution in [-0.2, 0) is 0 Å². The molecule has 0 aliphatic carbocycles. The Balaban J connectivity index is 2.11. The first-order valence-corrected chi connectivity index (χ1v) is 4.80. The number of carbonyl (C=O) groups excluding carboxylic acids is 1. The van der Waals surface area contributed by atoms with Gasteiger partial charge in [0, 0.05) is 5.38 Å². The van der Waals surface area contributed by atoms with Gasteiger partial charge in [-0.15, -0.1) is 16.4 Å². The van der Waals surface area contributed by atoms with Crippen LogP contribution < -0.4 is 11.1 Å². The van der Waals surface area contributed by atoms with E-state index in [1.54, 1.807) is 5.38 Å². The number of nitrogen functional groups attached to an aromatic ring is 1. The van der Waals surface area contributed by atoms with E-state index in [2.05, 4.69) is 25.5 Å². The van der Waals surface area contributed by atoms with Crippen molar-refractivity contribution in [3.05, 3.63) is 23.5 Å². The molecular weight excluding hydrogens is 216 g/mol. The van der Waals surface area contributed by atoms with Crippen molar-refractivity contribution in [2.75, 3.05) is 11.1 Å². The van der Waals surface area contributed by atoms with Gasteiger partial charge >= 0.3 is 0 Å². The van der Waals surface area contributed by atoms with Crippen LogP contribution in [0.2, 0.25) is 0 Å². The van der Waals surface area contributed by atoms with E-state index in [1.165, 1.54) is 23.7 Å². The molecule has 8 heteroatoms. The van der Waals surface area contributed by atoms with Gasteiger partial charge in [-0.25, -0.2) is 9.97 Å². The third-order valence-electron chi connectivity index (χ3n) is 1.46. The highest BCUT2D eigenvalue weighted by Gasteiger charge is 2.10. The summed E-state index contributed by atoms with van der Waals surface area (Å²) in [5.41, 5.74) is 5.63. The zero-order valence-electron chi connectivity index (χ0n) is 7.41. The zero-order chi connectivity index (χ0) is 10.7. The standard InChI is InChI=1S/C7H6N6OS/c8-6-11-4(3-15-6)5(14)12-7-9-1-2-10-13-7/h1-3H,(H2,8,11)(H,9,12,13,14). The highest BCUT2D eigenvalue weighted by atomic mass is 32.1. The Kier molecular flexibility index (Phi) is 2.50. The minimum atomic E-state index is -0.407. The molecule has 0 atom stereocenters. The van der Waals surface area contributed by atoms with E-state index < -0.39 is 5.91 Å². The third kappa shape index (κ3) is 2.23. The monoisotopic (exact) mass is 222 g/mol. The summed E-state index contributed by atoms with van der Waals surface area (Å²) < 4.78 is 0. The minimum Gasteiger partial charge on any atom is -0.375 e. The SMILES string of the molecule is Nc1nc(C(=O)Nc2nccnn2)cs1. The fourth-order valence-electron chi connectivity index (χ4n) is 0.862. The number of rotatable bonds is 2. The molecule has 2 aromatic rings. The Morgan fingerprint density at radius 1 is 1.47 bits per heavy atom. The van der Waals surface area contributed by atoms with Crippen molar-refractivity contribution in [3.63, 3.8) is 0 Å². The Morgan fingerprint density at radius 3 is 2.93 bits per heavy atom. The first-order valence-electron chi connectivity index (χ1n) is 3.92. The molecule has 2 rings (SSSR count). The van der Waals surface area contributed by atoms with E-state index >= 15 is 0 Å². The van der Waals surface area contributed by atoms with E-state index in [0.717, 1.165) is 0 Å². The molecule has 76 valence electrons. The van der Waals surface area contributed by atoms with Crippen LogP contribution in [0.5, 0.6) is 0 Å². The summed E-state index contributed by atoms with van der Waals surface area (Å²) in [4.78, 5) is 19.1. The number of amides is 1. The smallest absolute Gasteiger partial charge is 0.277 e. The summed E-state index contributed by atoms with van der Waals surface area (Å²) in [6, 6.07) is 0. The number of hydrogen-bond acceptors (Lipinski definition) is 7. The molecule has 0 fully saturated rings. The maximum Gasteiger partial charge on any atom is 0.277 e. The average molecular weight is 222 g/mol. The maximum absolute atomic E-state index is 11.5. The number of nitrogens with two attached hydrogens (primary N) is 1. The summed E-state index contributed by atoms with van der Waals surface area (Å²) in [5, 5.41) is 11.5. The Bertz CT molecular complexity index is 469. The molecule has 2 aromatic heterocycles. The van der Waals surface area contributed by atoms with Crippen molar-refractivity contribution in [3.8, 4) is 0 Å². The summed E-state index contributed by atoms with van der Waals surface area (Å²) >= 11 is 1.19. The summed E-state index contributed by atoms with van der Waals surface area (Å²) in [5.74, 6) is -0.273. The molecular formula is C7H6N6OS. The highest BCUT2D eigenvalue weighted by molar-refractivity contribution is 7.13. The number of thiazole rings is 1. The number of anilines is 2. The topological polar surface area (TPSA) is 107 Å². The number of hydrogen-bond donors (Lipinski definition) is 2. The van der Waals surface area contributed by atoms with Crippen LogP contribution in [0.15, 0.2) is 17.8 Å². The predicted molar refractivity (Wildman–Crippen MR) is 54.3 cm³/mol. The molecule has 0 saturated carbocycles. The maximum atomic E-state index is 11.5. The quantitative estimate of drug-likeness (QED) is 0.749. The van der Waals surface area contributed by atoms with Gasteiger partial charge < -0.3 is 5.73 Å². The van der Waals surface area contributed by atoms with Gasteiger partial charge in [0.2, 0.25) is 5.95 Å². The second kappa shape index (κ2) is 3.96. The zero-order valence-corrected chi connectivity index (χ0v) is 8.23. The Hall–Kier alpha value is -2.09. The van der Waals surface area contributed by atoms with Gasteiger partial charge in [0.25, 0.3) is 5.91 Å². The fourth-order valence-corrected chi connectivity index (χ4v) is 1.41. The molecule has 0 unspecified atom stereocenters. The van der Waals surface area contributed by atoms with Gasteiger partial charge in [0.05, 0.1) is 12.4 Å². The molecule has 0 radical (unpaired) electrons. The van der Waals surface area contributed by atoms with E-state index in [9.17, 15) is 4.79 Å². The van der Waals surface area contributed by atoms with Crippen LogP contribution in [0.3, 0.4) is 0 Å². The highest BCUT2D eigenvalue weighted by Crippen LogP contribution is 2.11. The minimum absolute atomic E-state index is 0.133. The van der Waals surface area contributed by atoms with Crippen LogP contribution in [0.1, 0.15) is 10.5 Å². The number of nitrogens with one attached hydrogen (secondary N) is 1. The molecule has 3 N–H and O–H groups in total. The molecule has 7 nitrogen and oxygen atoms in total. The van der Waals surface area contributed by atoms with Crippen LogP contribution in [0.4, 0.5) is 11.1 Å². The molecule has 0 aliphatic rings. The predicted octanol–water partition coefficient (Wildman–Crippen LogP) is 0.163.